The zero-order valence-corrected chi connectivity index (χ0v) is 16.0. The predicted molar refractivity (Wildman–Crippen MR) is 103 cm³/mol. The summed E-state index contributed by atoms with van der Waals surface area (Å²) in [6.07, 6.45) is 6.56. The van der Waals surface area contributed by atoms with E-state index in [1.54, 1.807) is 12.3 Å². The number of amides is 1. The van der Waals surface area contributed by atoms with Crippen molar-refractivity contribution in [1.29, 1.82) is 0 Å². The molecule has 4 rings (SSSR count). The molecule has 0 aliphatic carbocycles. The number of aryl methyl sites for hydroxylation is 1. The molecule has 7 heteroatoms. The van der Waals surface area contributed by atoms with Crippen molar-refractivity contribution in [3.05, 3.63) is 47.5 Å². The molecule has 1 saturated heterocycles. The SMILES string of the molecule is O=C1COc2ccc(F)cc2CCCC[C@@H]2CN(Cc3ccn[nH]3)CC[C@@H]2N1. The molecule has 0 unspecified atom stereocenters. The van der Waals surface area contributed by atoms with Crippen molar-refractivity contribution in [2.75, 3.05) is 19.7 Å². The molecule has 0 spiro atoms. The molecule has 1 aromatic heterocycles. The number of benzene rings is 1. The van der Waals surface area contributed by atoms with Gasteiger partial charge < -0.3 is 10.1 Å². The highest BCUT2D eigenvalue weighted by atomic mass is 19.1. The Morgan fingerprint density at radius 1 is 1.25 bits per heavy atom. The van der Waals surface area contributed by atoms with Gasteiger partial charge in [0.05, 0.1) is 0 Å². The number of halogens is 1. The minimum Gasteiger partial charge on any atom is -0.483 e. The van der Waals surface area contributed by atoms with E-state index in [1.807, 2.05) is 6.07 Å². The van der Waals surface area contributed by atoms with Gasteiger partial charge in [-0.25, -0.2) is 4.39 Å². The number of hydrogen-bond acceptors (Lipinski definition) is 4. The highest BCUT2D eigenvalue weighted by Gasteiger charge is 2.30. The van der Waals surface area contributed by atoms with Gasteiger partial charge in [-0.05, 0) is 61.4 Å². The first-order valence-electron chi connectivity index (χ1n) is 10.1. The van der Waals surface area contributed by atoms with E-state index in [4.69, 9.17) is 4.74 Å². The molecule has 0 saturated carbocycles. The van der Waals surface area contributed by atoms with Crippen LogP contribution in [0.1, 0.15) is 36.9 Å². The Balaban J connectivity index is 1.43. The monoisotopic (exact) mass is 386 g/mol. The molecular formula is C21H27FN4O2. The van der Waals surface area contributed by atoms with E-state index in [-0.39, 0.29) is 24.4 Å². The number of likely N-dealkylation sites (tertiary alicyclic amines) is 1. The molecular weight excluding hydrogens is 359 g/mol. The fraction of sp³-hybridized carbons (Fsp3) is 0.524. The topological polar surface area (TPSA) is 70.2 Å². The third-order valence-electron chi connectivity index (χ3n) is 5.77. The number of H-pyrrole nitrogens is 1. The summed E-state index contributed by atoms with van der Waals surface area (Å²) in [4.78, 5) is 14.9. The number of carbonyl (C=O) groups excluding carboxylic acids is 1. The largest absolute Gasteiger partial charge is 0.483 e. The Hall–Kier alpha value is -2.41. The summed E-state index contributed by atoms with van der Waals surface area (Å²) in [5, 5.41) is 10.2. The number of piperidine rings is 1. The third-order valence-corrected chi connectivity index (χ3v) is 5.77. The maximum Gasteiger partial charge on any atom is 0.258 e. The normalized spacial score (nSPS) is 24.1. The van der Waals surface area contributed by atoms with Gasteiger partial charge in [0.25, 0.3) is 5.91 Å². The minimum absolute atomic E-state index is 0.0281. The Bertz CT molecular complexity index is 796. The number of ether oxygens (including phenoxy) is 1. The number of nitrogens with zero attached hydrogens (tertiary/aromatic N) is 2. The predicted octanol–water partition coefficient (Wildman–Crippen LogP) is 2.66. The van der Waals surface area contributed by atoms with Gasteiger partial charge in [0.15, 0.2) is 6.61 Å². The van der Waals surface area contributed by atoms with Gasteiger partial charge in [0.1, 0.15) is 11.6 Å². The van der Waals surface area contributed by atoms with Crippen LogP contribution in [0.5, 0.6) is 5.75 Å². The number of fused-ring (bicyclic) bond motifs is 2. The van der Waals surface area contributed by atoms with Crippen LogP contribution < -0.4 is 10.1 Å². The number of carbonyl (C=O) groups is 1. The van der Waals surface area contributed by atoms with Gasteiger partial charge in [0, 0.05) is 37.6 Å². The molecule has 0 bridgehead atoms. The van der Waals surface area contributed by atoms with Crippen LogP contribution in [0.2, 0.25) is 0 Å². The molecule has 0 radical (unpaired) electrons. The number of aromatic nitrogens is 2. The van der Waals surface area contributed by atoms with Crippen LogP contribution in [0.15, 0.2) is 30.5 Å². The second-order valence-electron chi connectivity index (χ2n) is 7.83. The molecule has 28 heavy (non-hydrogen) atoms. The smallest absolute Gasteiger partial charge is 0.258 e. The molecule has 150 valence electrons. The summed E-state index contributed by atoms with van der Waals surface area (Å²) in [6.45, 7) is 2.73. The van der Waals surface area contributed by atoms with Crippen molar-refractivity contribution in [3.63, 3.8) is 0 Å². The lowest BCUT2D eigenvalue weighted by Crippen LogP contribution is -2.51. The first-order valence-corrected chi connectivity index (χ1v) is 10.1. The lowest BCUT2D eigenvalue weighted by atomic mass is 9.87. The lowest BCUT2D eigenvalue weighted by Gasteiger charge is -2.39. The van der Waals surface area contributed by atoms with E-state index in [1.165, 1.54) is 12.1 Å². The molecule has 2 aliphatic heterocycles. The average Bonchev–Trinajstić information content (AvgIpc) is 3.18. The second kappa shape index (κ2) is 8.73. The van der Waals surface area contributed by atoms with Crippen molar-refractivity contribution in [1.82, 2.24) is 20.4 Å². The van der Waals surface area contributed by atoms with Crippen LogP contribution in [-0.2, 0) is 17.8 Å². The number of nitrogens with one attached hydrogen (secondary N) is 2. The van der Waals surface area contributed by atoms with Crippen molar-refractivity contribution >= 4 is 5.91 Å². The minimum atomic E-state index is -0.263. The second-order valence-corrected chi connectivity index (χ2v) is 7.83. The molecule has 3 heterocycles. The van der Waals surface area contributed by atoms with Crippen LogP contribution in [0, 0.1) is 11.7 Å². The lowest BCUT2D eigenvalue weighted by molar-refractivity contribution is -0.124. The number of aromatic amines is 1. The molecule has 2 N–H and O–H groups in total. The van der Waals surface area contributed by atoms with E-state index in [2.05, 4.69) is 20.4 Å². The molecule has 1 aromatic carbocycles. The highest BCUT2D eigenvalue weighted by molar-refractivity contribution is 5.78. The summed E-state index contributed by atoms with van der Waals surface area (Å²) in [6, 6.07) is 6.72. The Morgan fingerprint density at radius 2 is 2.18 bits per heavy atom. The van der Waals surface area contributed by atoms with E-state index < -0.39 is 0 Å². The summed E-state index contributed by atoms with van der Waals surface area (Å²) < 4.78 is 19.3. The first-order chi connectivity index (χ1) is 13.7. The van der Waals surface area contributed by atoms with Crippen molar-refractivity contribution in [2.45, 2.75) is 44.7 Å². The maximum absolute atomic E-state index is 13.6. The van der Waals surface area contributed by atoms with Gasteiger partial charge in [-0.15, -0.1) is 0 Å². The van der Waals surface area contributed by atoms with Crippen LogP contribution >= 0.6 is 0 Å². The zero-order chi connectivity index (χ0) is 19.3. The van der Waals surface area contributed by atoms with Gasteiger partial charge in [0.2, 0.25) is 0 Å². The van der Waals surface area contributed by atoms with Crippen molar-refractivity contribution < 1.29 is 13.9 Å². The molecule has 2 aromatic rings. The quantitative estimate of drug-likeness (QED) is 0.833. The van der Waals surface area contributed by atoms with Crippen molar-refractivity contribution in [2.24, 2.45) is 5.92 Å². The highest BCUT2D eigenvalue weighted by Crippen LogP contribution is 2.27. The van der Waals surface area contributed by atoms with Gasteiger partial charge in [-0.3, -0.25) is 14.8 Å². The van der Waals surface area contributed by atoms with E-state index in [9.17, 15) is 9.18 Å². The standard InChI is InChI=1S/C21H27FN4O2/c22-17-5-6-20-15(11-17)3-1-2-4-16-12-26(13-18-7-9-23-25-18)10-8-19(16)24-21(27)14-28-20/h5-7,9,11,16,19H,1-4,8,10,12-14H2,(H,23,25)(H,24,27)/t16-,19+/m1/s1. The summed E-state index contributed by atoms with van der Waals surface area (Å²) in [7, 11) is 0. The number of rotatable bonds is 2. The average molecular weight is 386 g/mol. The number of hydrogen-bond donors (Lipinski definition) is 2. The van der Waals surface area contributed by atoms with E-state index in [0.717, 1.165) is 63.0 Å². The van der Waals surface area contributed by atoms with Gasteiger partial charge >= 0.3 is 0 Å². The van der Waals surface area contributed by atoms with E-state index in [0.29, 0.717) is 11.7 Å². The van der Waals surface area contributed by atoms with Crippen LogP contribution in [0.25, 0.3) is 0 Å². The molecule has 2 aliphatic rings. The van der Waals surface area contributed by atoms with E-state index >= 15 is 0 Å². The van der Waals surface area contributed by atoms with Crippen molar-refractivity contribution in [3.8, 4) is 5.75 Å². The molecule has 2 atom stereocenters. The fourth-order valence-corrected chi connectivity index (χ4v) is 4.35. The van der Waals surface area contributed by atoms with Crippen LogP contribution in [0.3, 0.4) is 0 Å². The van der Waals surface area contributed by atoms with Crippen LogP contribution in [0.4, 0.5) is 4.39 Å². The molecule has 1 amide bonds. The molecule has 6 nitrogen and oxygen atoms in total. The Kier molecular flexibility index (Phi) is 5.90. The Labute approximate surface area is 164 Å². The first kappa shape index (κ1) is 18.9. The molecule has 1 fully saturated rings. The maximum atomic E-state index is 13.6. The fourth-order valence-electron chi connectivity index (χ4n) is 4.35. The summed E-state index contributed by atoms with van der Waals surface area (Å²) in [5.41, 5.74) is 1.96. The van der Waals surface area contributed by atoms with Crippen LogP contribution in [-0.4, -0.2) is 46.7 Å². The summed E-state index contributed by atoms with van der Waals surface area (Å²) >= 11 is 0. The Morgan fingerprint density at radius 3 is 3.04 bits per heavy atom. The zero-order valence-electron chi connectivity index (χ0n) is 16.0. The summed E-state index contributed by atoms with van der Waals surface area (Å²) in [5.74, 6) is 0.656. The van der Waals surface area contributed by atoms with Gasteiger partial charge in [-0.1, -0.05) is 6.42 Å². The third kappa shape index (κ3) is 4.70. The van der Waals surface area contributed by atoms with Gasteiger partial charge in [-0.2, -0.15) is 5.10 Å².